The van der Waals surface area contributed by atoms with Crippen LogP contribution in [0.15, 0.2) is 53.4 Å². The molecule has 9 heteroatoms. The van der Waals surface area contributed by atoms with Crippen molar-refractivity contribution in [2.75, 3.05) is 0 Å². The van der Waals surface area contributed by atoms with Gasteiger partial charge >= 0.3 is 5.97 Å². The second-order valence-corrected chi connectivity index (χ2v) is 9.99. The first-order valence-electron chi connectivity index (χ1n) is 10.6. The van der Waals surface area contributed by atoms with Gasteiger partial charge in [-0.1, -0.05) is 61.2 Å². The summed E-state index contributed by atoms with van der Waals surface area (Å²) in [6.07, 6.45) is 4.13. The summed E-state index contributed by atoms with van der Waals surface area (Å²) in [7, 11) is -3.98. The van der Waals surface area contributed by atoms with E-state index in [0.29, 0.717) is 0 Å². The first kappa shape index (κ1) is 24.2. The van der Waals surface area contributed by atoms with Gasteiger partial charge in [0.05, 0.1) is 10.6 Å². The maximum atomic E-state index is 12.7. The summed E-state index contributed by atoms with van der Waals surface area (Å²) in [5.41, 5.74) is 0.771. The summed E-state index contributed by atoms with van der Waals surface area (Å²) >= 11 is 6.10. The summed E-state index contributed by atoms with van der Waals surface area (Å²) in [6, 6.07) is 13.0. The molecule has 0 saturated heterocycles. The number of nitrogens with one attached hydrogen (secondary N) is 2. The molecule has 2 aromatic rings. The van der Waals surface area contributed by atoms with Gasteiger partial charge in [0.2, 0.25) is 10.0 Å². The van der Waals surface area contributed by atoms with E-state index < -0.39 is 22.1 Å². The van der Waals surface area contributed by atoms with Gasteiger partial charge in [-0.3, -0.25) is 4.79 Å². The quantitative estimate of drug-likeness (QED) is 0.562. The predicted molar refractivity (Wildman–Crippen MR) is 122 cm³/mol. The van der Waals surface area contributed by atoms with Crippen molar-refractivity contribution in [3.63, 3.8) is 0 Å². The molecule has 1 aliphatic carbocycles. The van der Waals surface area contributed by atoms with Crippen molar-refractivity contribution in [3.8, 4) is 0 Å². The minimum Gasteiger partial charge on any atom is -0.449 e. The van der Waals surface area contributed by atoms with E-state index in [-0.39, 0.29) is 34.0 Å². The van der Waals surface area contributed by atoms with E-state index in [2.05, 4.69) is 10.0 Å². The van der Waals surface area contributed by atoms with Crippen LogP contribution in [0.4, 0.5) is 0 Å². The summed E-state index contributed by atoms with van der Waals surface area (Å²) in [4.78, 5) is 24.7. The summed E-state index contributed by atoms with van der Waals surface area (Å²) in [5, 5.41) is 2.89. The normalized spacial score (nSPS) is 15.7. The van der Waals surface area contributed by atoms with Crippen molar-refractivity contribution >= 4 is 33.5 Å². The highest BCUT2D eigenvalue weighted by atomic mass is 35.5. The predicted octanol–water partition coefficient (Wildman–Crippen LogP) is 3.81. The molecule has 3 rings (SSSR count). The number of ether oxygens (including phenoxy) is 1. The Labute approximate surface area is 193 Å². The molecule has 1 amide bonds. The molecule has 1 atom stereocenters. The Morgan fingerprint density at radius 2 is 1.78 bits per heavy atom. The zero-order valence-electron chi connectivity index (χ0n) is 17.8. The van der Waals surface area contributed by atoms with Gasteiger partial charge in [0.1, 0.15) is 4.90 Å². The van der Waals surface area contributed by atoms with Gasteiger partial charge in [0.15, 0.2) is 6.10 Å². The number of esters is 1. The molecule has 0 bridgehead atoms. The molecule has 1 fully saturated rings. The van der Waals surface area contributed by atoms with Gasteiger partial charge in [-0.25, -0.2) is 17.9 Å². The number of hydrogen-bond donors (Lipinski definition) is 2. The van der Waals surface area contributed by atoms with E-state index in [1.807, 2.05) is 6.07 Å². The molecule has 172 valence electrons. The second-order valence-electron chi connectivity index (χ2n) is 7.85. The van der Waals surface area contributed by atoms with E-state index in [1.165, 1.54) is 25.5 Å². The average Bonchev–Trinajstić information content (AvgIpc) is 2.79. The van der Waals surface area contributed by atoms with E-state index in [4.69, 9.17) is 16.3 Å². The molecule has 1 aliphatic rings. The Hall–Kier alpha value is -2.42. The van der Waals surface area contributed by atoms with E-state index in [0.717, 1.165) is 37.3 Å². The van der Waals surface area contributed by atoms with Crippen molar-refractivity contribution < 1.29 is 22.7 Å². The van der Waals surface area contributed by atoms with Crippen molar-refractivity contribution in [3.05, 3.63) is 64.7 Å². The topological polar surface area (TPSA) is 102 Å². The lowest BCUT2D eigenvalue weighted by atomic mass is 9.95. The van der Waals surface area contributed by atoms with E-state index in [1.54, 1.807) is 24.3 Å². The molecule has 0 heterocycles. The van der Waals surface area contributed by atoms with Crippen LogP contribution in [0.3, 0.4) is 0 Å². The third kappa shape index (κ3) is 6.54. The third-order valence-electron chi connectivity index (χ3n) is 5.37. The van der Waals surface area contributed by atoms with Crippen molar-refractivity contribution in [1.82, 2.24) is 10.0 Å². The Balaban J connectivity index is 1.65. The highest BCUT2D eigenvalue weighted by Crippen LogP contribution is 2.24. The maximum Gasteiger partial charge on any atom is 0.338 e. The third-order valence-corrected chi connectivity index (χ3v) is 7.25. The molecule has 2 aromatic carbocycles. The first-order chi connectivity index (χ1) is 15.3. The van der Waals surface area contributed by atoms with Gasteiger partial charge in [-0.05, 0) is 43.5 Å². The molecular weight excluding hydrogens is 452 g/mol. The monoisotopic (exact) mass is 478 g/mol. The van der Waals surface area contributed by atoms with Crippen LogP contribution >= 0.6 is 11.6 Å². The summed E-state index contributed by atoms with van der Waals surface area (Å²) in [6.45, 7) is 1.57. The molecule has 7 nitrogen and oxygen atoms in total. The maximum absolute atomic E-state index is 12.7. The SMILES string of the molecule is CC(OC(=O)c1ccc(Cl)c(S(=O)(=O)NCc2ccccc2)c1)C(=O)NC1CCCCC1. The zero-order chi connectivity index (χ0) is 23.1. The largest absolute Gasteiger partial charge is 0.449 e. The van der Waals surface area contributed by atoms with Crippen LogP contribution in [-0.4, -0.2) is 32.4 Å². The van der Waals surface area contributed by atoms with Gasteiger partial charge < -0.3 is 10.1 Å². The lowest BCUT2D eigenvalue weighted by Crippen LogP contribution is -2.42. The molecule has 1 saturated carbocycles. The van der Waals surface area contributed by atoms with Gasteiger partial charge in [0, 0.05) is 12.6 Å². The number of carbonyl (C=O) groups excluding carboxylic acids is 2. The Morgan fingerprint density at radius 3 is 2.47 bits per heavy atom. The molecule has 0 spiro atoms. The van der Waals surface area contributed by atoms with Crippen LogP contribution in [0.1, 0.15) is 54.9 Å². The molecule has 1 unspecified atom stereocenters. The van der Waals surface area contributed by atoms with Gasteiger partial charge in [0.25, 0.3) is 5.91 Å². The van der Waals surface area contributed by atoms with Gasteiger partial charge in [-0.2, -0.15) is 0 Å². The Morgan fingerprint density at radius 1 is 1.09 bits per heavy atom. The molecule has 0 aromatic heterocycles. The smallest absolute Gasteiger partial charge is 0.338 e. The minimum atomic E-state index is -3.98. The number of hydrogen-bond acceptors (Lipinski definition) is 5. The number of sulfonamides is 1. The van der Waals surface area contributed by atoms with E-state index in [9.17, 15) is 18.0 Å². The minimum absolute atomic E-state index is 0.00759. The number of amides is 1. The molecule has 2 N–H and O–H groups in total. The summed E-state index contributed by atoms with van der Waals surface area (Å²) < 4.78 is 33.2. The zero-order valence-corrected chi connectivity index (χ0v) is 19.4. The van der Waals surface area contributed by atoms with Crippen molar-refractivity contribution in [2.24, 2.45) is 0 Å². The first-order valence-corrected chi connectivity index (χ1v) is 12.5. The number of halogens is 1. The fourth-order valence-corrected chi connectivity index (χ4v) is 5.08. The van der Waals surface area contributed by atoms with Crippen LogP contribution in [0.2, 0.25) is 5.02 Å². The number of benzene rings is 2. The molecule has 0 radical (unpaired) electrons. The average molecular weight is 479 g/mol. The highest BCUT2D eigenvalue weighted by molar-refractivity contribution is 7.89. The lowest BCUT2D eigenvalue weighted by molar-refractivity contribution is -0.130. The molecule has 0 aliphatic heterocycles. The lowest BCUT2D eigenvalue weighted by Gasteiger charge is -2.24. The standard InChI is InChI=1S/C23H27ClN2O5S/c1-16(22(27)26-19-10-6-3-7-11-19)31-23(28)18-12-13-20(24)21(14-18)32(29,30)25-15-17-8-4-2-5-9-17/h2,4-5,8-9,12-14,16,19,25H,3,6-7,10-11,15H2,1H3,(H,26,27). The number of carbonyl (C=O) groups is 2. The van der Waals surface area contributed by atoms with Crippen LogP contribution in [0.25, 0.3) is 0 Å². The second kappa shape index (κ2) is 10.9. The van der Waals surface area contributed by atoms with Crippen LogP contribution in [0.5, 0.6) is 0 Å². The van der Waals surface area contributed by atoms with Crippen LogP contribution in [-0.2, 0) is 26.1 Å². The van der Waals surface area contributed by atoms with Crippen LogP contribution < -0.4 is 10.0 Å². The Kier molecular flexibility index (Phi) is 8.28. The Bertz CT molecular complexity index is 1050. The summed E-state index contributed by atoms with van der Waals surface area (Å²) in [5.74, 6) is -1.16. The fourth-order valence-electron chi connectivity index (χ4n) is 3.54. The van der Waals surface area contributed by atoms with E-state index >= 15 is 0 Å². The number of rotatable bonds is 8. The van der Waals surface area contributed by atoms with Crippen molar-refractivity contribution in [1.29, 1.82) is 0 Å². The highest BCUT2D eigenvalue weighted by Gasteiger charge is 2.25. The van der Waals surface area contributed by atoms with Crippen LogP contribution in [0, 0.1) is 0 Å². The fraction of sp³-hybridized carbons (Fsp3) is 0.391. The molecule has 32 heavy (non-hydrogen) atoms. The molecular formula is C23H27ClN2O5S. The van der Waals surface area contributed by atoms with Crippen molar-refractivity contribution in [2.45, 2.75) is 62.6 Å². The van der Waals surface area contributed by atoms with Gasteiger partial charge in [-0.15, -0.1) is 0 Å².